The van der Waals surface area contributed by atoms with Gasteiger partial charge in [0.1, 0.15) is 11.4 Å². The molecule has 2 unspecified atom stereocenters. The number of nitriles is 1. The zero-order valence-corrected chi connectivity index (χ0v) is 11.4. The van der Waals surface area contributed by atoms with Crippen LogP contribution in [0.4, 0.5) is 0 Å². The van der Waals surface area contributed by atoms with E-state index in [1.54, 1.807) is 0 Å². The summed E-state index contributed by atoms with van der Waals surface area (Å²) in [6.07, 6.45) is 5.77. The highest BCUT2D eigenvalue weighted by atomic mass is 16.5. The summed E-state index contributed by atoms with van der Waals surface area (Å²) in [4.78, 5) is 0. The molecule has 3 nitrogen and oxygen atoms in total. The highest BCUT2D eigenvalue weighted by Crippen LogP contribution is 2.47. The fraction of sp³-hybridized carbons (Fsp3) is 0.562. The van der Waals surface area contributed by atoms with E-state index in [1.165, 1.54) is 18.4 Å². The van der Waals surface area contributed by atoms with Crippen molar-refractivity contribution in [2.75, 3.05) is 0 Å². The van der Waals surface area contributed by atoms with Gasteiger partial charge in [0.05, 0.1) is 12.1 Å². The van der Waals surface area contributed by atoms with Gasteiger partial charge < -0.3 is 4.74 Å². The molecule has 1 aromatic carbocycles. The van der Waals surface area contributed by atoms with E-state index >= 15 is 0 Å². The fourth-order valence-electron chi connectivity index (χ4n) is 3.43. The number of benzene rings is 1. The molecule has 1 fully saturated rings. The van der Waals surface area contributed by atoms with Crippen LogP contribution in [0.25, 0.3) is 0 Å². The number of rotatable bonds is 2. The molecule has 1 saturated carbocycles. The van der Waals surface area contributed by atoms with E-state index in [2.05, 4.69) is 23.5 Å². The normalized spacial score (nSPS) is 25.4. The fourth-order valence-corrected chi connectivity index (χ4v) is 3.43. The Bertz CT molecular complexity index is 500. The Kier molecular flexibility index (Phi) is 3.20. The maximum absolute atomic E-state index is 9.03. The summed E-state index contributed by atoms with van der Waals surface area (Å²) in [5.41, 5.74) is 1.20. The number of nitrogens with zero attached hydrogens (tertiary/aromatic N) is 1. The van der Waals surface area contributed by atoms with E-state index in [1.807, 2.05) is 19.1 Å². The van der Waals surface area contributed by atoms with Crippen LogP contribution in [0.2, 0.25) is 0 Å². The lowest BCUT2D eigenvalue weighted by atomic mass is 9.85. The minimum absolute atomic E-state index is 0.00119. The zero-order chi connectivity index (χ0) is 13.3. The summed E-state index contributed by atoms with van der Waals surface area (Å²) in [6.45, 7) is 1.92. The third kappa shape index (κ3) is 2.33. The van der Waals surface area contributed by atoms with Gasteiger partial charge in [-0.1, -0.05) is 18.2 Å². The van der Waals surface area contributed by atoms with Crippen molar-refractivity contribution < 1.29 is 4.74 Å². The Morgan fingerprint density at radius 3 is 2.84 bits per heavy atom. The molecule has 1 heterocycles. The van der Waals surface area contributed by atoms with Crippen molar-refractivity contribution in [3.8, 4) is 11.8 Å². The van der Waals surface area contributed by atoms with Crippen LogP contribution in [-0.2, 0) is 0 Å². The van der Waals surface area contributed by atoms with Crippen LogP contribution in [0, 0.1) is 11.3 Å². The standard InChI is InChI=1S/C16H20N2O/c1-12(11-17)18-14-10-16(8-4-5-9-16)19-15-7-3-2-6-13(14)15/h2-3,6-7,12,14,18H,4-5,8-10H2,1H3. The van der Waals surface area contributed by atoms with Crippen LogP contribution in [0.1, 0.15) is 50.6 Å². The van der Waals surface area contributed by atoms with Crippen LogP contribution >= 0.6 is 0 Å². The molecule has 0 aromatic heterocycles. The molecule has 3 heteroatoms. The molecule has 2 aliphatic rings. The summed E-state index contributed by atoms with van der Waals surface area (Å²) in [5.74, 6) is 0.998. The SMILES string of the molecule is CC(C#N)NC1CC2(CCCC2)Oc2ccccc21. The predicted molar refractivity (Wildman–Crippen MR) is 73.8 cm³/mol. The van der Waals surface area contributed by atoms with Crippen LogP contribution in [-0.4, -0.2) is 11.6 Å². The van der Waals surface area contributed by atoms with Gasteiger partial charge in [0, 0.05) is 18.0 Å². The topological polar surface area (TPSA) is 45.0 Å². The number of hydrogen-bond donors (Lipinski definition) is 1. The Morgan fingerprint density at radius 1 is 1.37 bits per heavy atom. The van der Waals surface area contributed by atoms with Gasteiger partial charge in [-0.3, -0.25) is 5.32 Å². The Hall–Kier alpha value is -1.53. The number of ether oxygens (including phenoxy) is 1. The van der Waals surface area contributed by atoms with Crippen LogP contribution in [0.5, 0.6) is 5.75 Å². The largest absolute Gasteiger partial charge is 0.487 e. The van der Waals surface area contributed by atoms with Gasteiger partial charge in [0.15, 0.2) is 0 Å². The lowest BCUT2D eigenvalue weighted by Crippen LogP contribution is -2.43. The maximum atomic E-state index is 9.03. The Labute approximate surface area is 114 Å². The lowest BCUT2D eigenvalue weighted by Gasteiger charge is -2.40. The third-order valence-electron chi connectivity index (χ3n) is 4.36. The summed E-state index contributed by atoms with van der Waals surface area (Å²) in [5, 5.41) is 12.5. The van der Waals surface area contributed by atoms with Gasteiger partial charge in [-0.15, -0.1) is 0 Å². The summed E-state index contributed by atoms with van der Waals surface area (Å²) in [7, 11) is 0. The number of para-hydroxylation sites is 1. The third-order valence-corrected chi connectivity index (χ3v) is 4.36. The maximum Gasteiger partial charge on any atom is 0.124 e. The second kappa shape index (κ2) is 4.86. The molecule has 0 amide bonds. The van der Waals surface area contributed by atoms with Gasteiger partial charge in [0.25, 0.3) is 0 Å². The molecule has 2 atom stereocenters. The summed E-state index contributed by atoms with van der Waals surface area (Å²) in [6, 6.07) is 10.6. The van der Waals surface area contributed by atoms with Crippen LogP contribution in [0.15, 0.2) is 24.3 Å². The molecule has 1 aromatic rings. The molecular formula is C16H20N2O. The average molecular weight is 256 g/mol. The molecule has 100 valence electrons. The van der Waals surface area contributed by atoms with Crippen molar-refractivity contribution in [3.05, 3.63) is 29.8 Å². The van der Waals surface area contributed by atoms with Crippen molar-refractivity contribution in [2.45, 2.75) is 56.7 Å². The first-order valence-corrected chi connectivity index (χ1v) is 7.16. The monoisotopic (exact) mass is 256 g/mol. The smallest absolute Gasteiger partial charge is 0.124 e. The minimum atomic E-state index is -0.130. The molecule has 0 bridgehead atoms. The van der Waals surface area contributed by atoms with Gasteiger partial charge in [0.2, 0.25) is 0 Å². The quantitative estimate of drug-likeness (QED) is 0.882. The molecule has 19 heavy (non-hydrogen) atoms. The van der Waals surface area contributed by atoms with Crippen LogP contribution in [0.3, 0.4) is 0 Å². The zero-order valence-electron chi connectivity index (χ0n) is 11.4. The van der Waals surface area contributed by atoms with Gasteiger partial charge in [-0.2, -0.15) is 5.26 Å². The first-order chi connectivity index (χ1) is 9.22. The van der Waals surface area contributed by atoms with Crippen LogP contribution < -0.4 is 10.1 Å². The van der Waals surface area contributed by atoms with E-state index in [4.69, 9.17) is 10.00 Å². The van der Waals surface area contributed by atoms with E-state index in [0.29, 0.717) is 0 Å². The average Bonchev–Trinajstić information content (AvgIpc) is 2.86. The predicted octanol–water partition coefficient (Wildman–Crippen LogP) is 3.32. The first kappa shape index (κ1) is 12.5. The van der Waals surface area contributed by atoms with E-state index in [-0.39, 0.29) is 17.7 Å². The second-order valence-corrected chi connectivity index (χ2v) is 5.80. The number of hydrogen-bond acceptors (Lipinski definition) is 3. The second-order valence-electron chi connectivity index (χ2n) is 5.80. The Balaban J connectivity index is 1.91. The molecule has 1 aliphatic heterocycles. The van der Waals surface area contributed by atoms with E-state index in [9.17, 15) is 0 Å². The van der Waals surface area contributed by atoms with Gasteiger partial charge in [-0.05, 0) is 38.7 Å². The minimum Gasteiger partial charge on any atom is -0.487 e. The van der Waals surface area contributed by atoms with Gasteiger partial charge in [-0.25, -0.2) is 0 Å². The highest BCUT2D eigenvalue weighted by molar-refractivity contribution is 5.39. The molecule has 3 rings (SSSR count). The van der Waals surface area contributed by atoms with Gasteiger partial charge >= 0.3 is 0 Å². The van der Waals surface area contributed by atoms with E-state index < -0.39 is 0 Å². The molecule has 0 saturated heterocycles. The van der Waals surface area contributed by atoms with E-state index in [0.717, 1.165) is 25.0 Å². The van der Waals surface area contributed by atoms with Crippen molar-refractivity contribution >= 4 is 0 Å². The number of fused-ring (bicyclic) bond motifs is 1. The molecule has 0 radical (unpaired) electrons. The summed E-state index contributed by atoms with van der Waals surface area (Å²) < 4.78 is 6.30. The van der Waals surface area contributed by atoms with Crippen molar-refractivity contribution in [1.29, 1.82) is 5.26 Å². The molecule has 1 N–H and O–H groups in total. The lowest BCUT2D eigenvalue weighted by molar-refractivity contribution is 0.0361. The van der Waals surface area contributed by atoms with Crippen molar-refractivity contribution in [2.24, 2.45) is 0 Å². The Morgan fingerprint density at radius 2 is 2.11 bits per heavy atom. The molecular weight excluding hydrogens is 236 g/mol. The van der Waals surface area contributed by atoms with Crippen molar-refractivity contribution in [1.82, 2.24) is 5.32 Å². The molecule has 1 spiro atoms. The number of nitrogens with one attached hydrogen (secondary N) is 1. The first-order valence-electron chi connectivity index (χ1n) is 7.16. The highest BCUT2D eigenvalue weighted by Gasteiger charge is 2.43. The van der Waals surface area contributed by atoms with Crippen molar-refractivity contribution in [3.63, 3.8) is 0 Å². The summed E-state index contributed by atoms with van der Waals surface area (Å²) >= 11 is 0. The molecule has 1 aliphatic carbocycles.